The second-order valence-corrected chi connectivity index (χ2v) is 15.4. The highest BCUT2D eigenvalue weighted by Crippen LogP contribution is 2.39. The minimum Gasteiger partial charge on any atom is -0.467 e. The Kier molecular flexibility index (Phi) is 9.56. The van der Waals surface area contributed by atoms with Gasteiger partial charge >= 0.3 is 0 Å². The van der Waals surface area contributed by atoms with Gasteiger partial charge in [0.2, 0.25) is 11.8 Å². The lowest BCUT2D eigenvalue weighted by Gasteiger charge is -2.26. The summed E-state index contributed by atoms with van der Waals surface area (Å²) in [6.07, 6.45) is 8.17. The molecule has 0 amide bonds. The second kappa shape index (κ2) is 16.1. The Balaban J connectivity index is 0.844. The fourth-order valence-corrected chi connectivity index (χ4v) is 8.27. The predicted molar refractivity (Wildman–Crippen MR) is 253 cm³/mol. The van der Waals surface area contributed by atoms with E-state index in [2.05, 4.69) is 192 Å². The van der Waals surface area contributed by atoms with Gasteiger partial charge in [-0.25, -0.2) is 9.98 Å². The number of hydrogen-bond donors (Lipinski definition) is 0. The molecule has 2 atom stereocenters. The highest BCUT2D eigenvalue weighted by molar-refractivity contribution is 5.96. The highest BCUT2D eigenvalue weighted by Gasteiger charge is 2.29. The first-order chi connectivity index (χ1) is 30.7. The van der Waals surface area contributed by atoms with E-state index in [1.165, 1.54) is 0 Å². The van der Waals surface area contributed by atoms with Crippen molar-refractivity contribution in [2.24, 2.45) is 4.99 Å². The smallest absolute Gasteiger partial charge is 0.227 e. The largest absolute Gasteiger partial charge is 0.467 e. The molecule has 0 N–H and O–H groups in total. The fraction of sp³-hybridized carbons (Fsp3) is 0.0357. The average Bonchev–Trinajstić information content (AvgIpc) is 3.99. The summed E-state index contributed by atoms with van der Waals surface area (Å²) in [5, 5.41) is 0. The molecule has 6 heteroatoms. The minimum absolute atomic E-state index is 0.0320. The summed E-state index contributed by atoms with van der Waals surface area (Å²) in [6.45, 7) is 0. The Hall–Kier alpha value is -8.22. The molecule has 0 bridgehead atoms. The third-order valence-corrected chi connectivity index (χ3v) is 11.4. The van der Waals surface area contributed by atoms with Crippen molar-refractivity contribution in [1.29, 1.82) is 0 Å². The van der Waals surface area contributed by atoms with E-state index in [1.807, 2.05) is 48.6 Å². The van der Waals surface area contributed by atoms with E-state index >= 15 is 0 Å². The van der Waals surface area contributed by atoms with E-state index in [-0.39, 0.29) is 12.1 Å². The van der Waals surface area contributed by atoms with Crippen LogP contribution in [0.4, 0.5) is 34.1 Å². The van der Waals surface area contributed by atoms with Crippen LogP contribution < -0.4 is 9.80 Å². The van der Waals surface area contributed by atoms with Crippen LogP contribution in [0, 0.1) is 0 Å². The van der Waals surface area contributed by atoms with Crippen LogP contribution in [0.1, 0.15) is 5.56 Å². The van der Waals surface area contributed by atoms with Crippen molar-refractivity contribution in [3.05, 3.63) is 236 Å². The molecular formula is C56H40N4O2. The Labute approximate surface area is 360 Å². The van der Waals surface area contributed by atoms with Gasteiger partial charge in [-0.2, -0.15) is 0 Å². The molecule has 11 rings (SSSR count). The van der Waals surface area contributed by atoms with Crippen molar-refractivity contribution in [3.8, 4) is 33.7 Å². The van der Waals surface area contributed by atoms with Crippen molar-refractivity contribution >= 4 is 51.1 Å². The van der Waals surface area contributed by atoms with Crippen LogP contribution in [0.5, 0.6) is 0 Å². The Bertz CT molecular complexity index is 3050. The van der Waals surface area contributed by atoms with Gasteiger partial charge in [0.25, 0.3) is 0 Å². The molecule has 0 spiro atoms. The lowest BCUT2D eigenvalue weighted by Crippen LogP contribution is -2.19. The molecule has 1 aromatic heterocycles. The van der Waals surface area contributed by atoms with Crippen molar-refractivity contribution in [2.75, 3.05) is 9.80 Å². The number of nitrogens with zero attached hydrogens (tertiary/aromatic N) is 4. The molecule has 6 nitrogen and oxygen atoms in total. The van der Waals surface area contributed by atoms with Gasteiger partial charge in [0, 0.05) is 45.3 Å². The Morgan fingerprint density at radius 2 is 0.855 bits per heavy atom. The van der Waals surface area contributed by atoms with Gasteiger partial charge in [-0.05, 0) is 144 Å². The number of oxazole rings is 1. The maximum atomic E-state index is 6.18. The Morgan fingerprint density at radius 3 is 1.39 bits per heavy atom. The van der Waals surface area contributed by atoms with Crippen LogP contribution in [-0.2, 0) is 4.74 Å². The molecule has 296 valence electrons. The predicted octanol–water partition coefficient (Wildman–Crippen LogP) is 14.4. The molecule has 0 fully saturated rings. The number of ether oxygens (including phenoxy) is 1. The molecule has 0 saturated heterocycles. The van der Waals surface area contributed by atoms with Crippen LogP contribution >= 0.6 is 0 Å². The summed E-state index contributed by atoms with van der Waals surface area (Å²) in [5.41, 5.74) is 14.5. The van der Waals surface area contributed by atoms with E-state index in [4.69, 9.17) is 19.1 Å². The quantitative estimate of drug-likeness (QED) is 0.138. The summed E-state index contributed by atoms with van der Waals surface area (Å²) in [6, 6.07) is 72.1. The molecule has 8 aromatic carbocycles. The third-order valence-electron chi connectivity index (χ3n) is 11.4. The number of fused-ring (bicyclic) bond motifs is 2. The zero-order valence-electron chi connectivity index (χ0n) is 33.7. The SMILES string of the molecule is C1=CC2N=C(c3ccc(N(c4ccccc4)c4ccc(-c5cccc(-c6ccc(N(c7ccccc7)c7ccc(-c8nc9ccccc9o8)cc7)cc6)c5)cc4)cc3)OC2C=C1. The van der Waals surface area contributed by atoms with E-state index < -0.39 is 0 Å². The van der Waals surface area contributed by atoms with Gasteiger partial charge in [-0.1, -0.05) is 109 Å². The first-order valence-electron chi connectivity index (χ1n) is 20.9. The van der Waals surface area contributed by atoms with Gasteiger partial charge in [-0.15, -0.1) is 0 Å². The molecule has 2 unspecified atom stereocenters. The van der Waals surface area contributed by atoms with Gasteiger partial charge in [0.15, 0.2) is 5.58 Å². The summed E-state index contributed by atoms with van der Waals surface area (Å²) < 4.78 is 12.2. The number of para-hydroxylation sites is 4. The zero-order valence-corrected chi connectivity index (χ0v) is 33.7. The average molecular weight is 801 g/mol. The van der Waals surface area contributed by atoms with Crippen LogP contribution in [0.3, 0.4) is 0 Å². The van der Waals surface area contributed by atoms with Crippen molar-refractivity contribution < 1.29 is 9.15 Å². The topological polar surface area (TPSA) is 54.1 Å². The molecule has 0 saturated carbocycles. The molecule has 2 aliphatic rings. The lowest BCUT2D eigenvalue weighted by molar-refractivity contribution is 0.255. The molecule has 62 heavy (non-hydrogen) atoms. The van der Waals surface area contributed by atoms with Crippen LogP contribution in [0.25, 0.3) is 44.8 Å². The molecule has 1 aliphatic heterocycles. The monoisotopic (exact) mass is 800 g/mol. The van der Waals surface area contributed by atoms with Crippen molar-refractivity contribution in [3.63, 3.8) is 0 Å². The second-order valence-electron chi connectivity index (χ2n) is 15.4. The molecule has 2 heterocycles. The number of aliphatic imine (C=N–C) groups is 1. The highest BCUT2D eigenvalue weighted by atomic mass is 16.5. The number of hydrogen-bond acceptors (Lipinski definition) is 6. The van der Waals surface area contributed by atoms with Crippen LogP contribution in [0.2, 0.25) is 0 Å². The first-order valence-corrected chi connectivity index (χ1v) is 20.9. The number of benzene rings is 8. The number of aromatic nitrogens is 1. The van der Waals surface area contributed by atoms with E-state index in [9.17, 15) is 0 Å². The van der Waals surface area contributed by atoms with E-state index in [0.29, 0.717) is 11.8 Å². The summed E-state index contributed by atoms with van der Waals surface area (Å²) >= 11 is 0. The zero-order chi connectivity index (χ0) is 41.2. The van der Waals surface area contributed by atoms with Gasteiger partial charge in [0.1, 0.15) is 17.7 Å². The minimum atomic E-state index is -0.0320. The Morgan fingerprint density at radius 1 is 0.387 bits per heavy atom. The first kappa shape index (κ1) is 36.8. The van der Waals surface area contributed by atoms with E-state index in [0.717, 1.165) is 78.6 Å². The number of rotatable bonds is 10. The molecular weight excluding hydrogens is 761 g/mol. The third kappa shape index (κ3) is 7.24. The fourth-order valence-electron chi connectivity index (χ4n) is 8.27. The normalized spacial score (nSPS) is 15.2. The number of anilines is 6. The molecule has 1 aliphatic carbocycles. The maximum absolute atomic E-state index is 6.18. The van der Waals surface area contributed by atoms with Crippen LogP contribution in [0.15, 0.2) is 240 Å². The maximum Gasteiger partial charge on any atom is 0.227 e. The number of allylic oxidation sites excluding steroid dienone is 2. The van der Waals surface area contributed by atoms with Gasteiger partial charge in [-0.3, -0.25) is 0 Å². The van der Waals surface area contributed by atoms with Crippen LogP contribution in [-0.4, -0.2) is 23.0 Å². The van der Waals surface area contributed by atoms with Crippen molar-refractivity contribution in [1.82, 2.24) is 4.98 Å². The lowest BCUT2D eigenvalue weighted by atomic mass is 9.98. The molecule has 9 aromatic rings. The van der Waals surface area contributed by atoms with E-state index in [1.54, 1.807) is 0 Å². The molecule has 0 radical (unpaired) electrons. The van der Waals surface area contributed by atoms with Gasteiger partial charge < -0.3 is 19.0 Å². The summed E-state index contributed by atoms with van der Waals surface area (Å²) in [7, 11) is 0. The standard InChI is InChI=1S/C56H40N4O2/c1-3-14-45(15-4-1)59(49-34-26-41(27-35-49)55-57-51-18-7-9-20-53(51)61-55)47-30-22-39(23-31-47)43-12-11-13-44(38-43)40-24-32-48(33-25-40)60(46-16-5-2-6-17-46)50-36-28-42(29-37-50)56-58-52-19-8-10-21-54(52)62-56/h1-38,51,53H. The van der Waals surface area contributed by atoms with Gasteiger partial charge in [0.05, 0.1) is 0 Å². The summed E-state index contributed by atoms with van der Waals surface area (Å²) in [5.74, 6) is 1.30. The summed E-state index contributed by atoms with van der Waals surface area (Å²) in [4.78, 5) is 14.1. The van der Waals surface area contributed by atoms with Crippen molar-refractivity contribution in [2.45, 2.75) is 12.1 Å².